The molecule has 10 atom stereocenters. The quantitative estimate of drug-likeness (QED) is 0.342. The summed E-state index contributed by atoms with van der Waals surface area (Å²) in [5.41, 5.74) is 0.169. The van der Waals surface area contributed by atoms with Gasteiger partial charge in [-0.2, -0.15) is 0 Å². The third kappa shape index (κ3) is 4.75. The van der Waals surface area contributed by atoms with Crippen LogP contribution in [0.4, 0.5) is 0 Å². The third-order valence-electron chi connectivity index (χ3n) is 15.1. The molecule has 2 saturated heterocycles. The van der Waals surface area contributed by atoms with Gasteiger partial charge in [-0.3, -0.25) is 9.69 Å². The minimum atomic E-state index is -0.273. The lowest BCUT2D eigenvalue weighted by Crippen LogP contribution is -2.67. The van der Waals surface area contributed by atoms with E-state index < -0.39 is 0 Å². The molecule has 0 radical (unpaired) electrons. The molecule has 2 heterocycles. The monoisotopic (exact) mass is 585 g/mol. The molecule has 4 aliphatic carbocycles. The molecule has 4 saturated carbocycles. The molecular weight excluding hydrogens is 522 g/mol. The van der Waals surface area contributed by atoms with Crippen molar-refractivity contribution >= 4 is 5.97 Å². The van der Waals surface area contributed by atoms with Gasteiger partial charge in [-0.15, -0.1) is 0 Å². The van der Waals surface area contributed by atoms with Crippen LogP contribution in [0.3, 0.4) is 0 Å². The molecule has 5 nitrogen and oxygen atoms in total. The maximum absolute atomic E-state index is 13.1. The van der Waals surface area contributed by atoms with Crippen LogP contribution in [0.25, 0.3) is 0 Å². The number of fused-ring (bicyclic) bond motifs is 5. The van der Waals surface area contributed by atoms with Crippen LogP contribution in [0.1, 0.15) is 139 Å². The van der Waals surface area contributed by atoms with E-state index in [2.05, 4.69) is 60.3 Å². The number of hydrogen-bond donors (Lipinski definition) is 1. The highest BCUT2D eigenvalue weighted by molar-refractivity contribution is 5.72. The van der Waals surface area contributed by atoms with Gasteiger partial charge >= 0.3 is 5.97 Å². The normalized spacial score (nSPS) is 50.3. The SMILES string of the molecule is CC1(C)CCC[C@](C)([C@H]2CC[C@]3(C)[C@@H]2[C@H](O)C[C@@H]2[C@@]4(C)CC[C@H](OC(=O)CN5CCCCC5)C(C)(C)[C@@H]4CC[C@]23C)O1. The number of carbonyl (C=O) groups is 1. The van der Waals surface area contributed by atoms with Crippen molar-refractivity contribution < 1.29 is 19.4 Å². The van der Waals surface area contributed by atoms with Crippen molar-refractivity contribution in [3.8, 4) is 0 Å². The molecule has 0 spiro atoms. The van der Waals surface area contributed by atoms with Crippen LogP contribution in [0, 0.1) is 45.3 Å². The van der Waals surface area contributed by atoms with Crippen molar-refractivity contribution in [2.24, 2.45) is 45.3 Å². The molecule has 6 rings (SSSR count). The Morgan fingerprint density at radius 2 is 1.50 bits per heavy atom. The number of carbonyl (C=O) groups excluding carboxylic acids is 1. The maximum Gasteiger partial charge on any atom is 0.320 e. The summed E-state index contributed by atoms with van der Waals surface area (Å²) in [5, 5.41) is 12.2. The van der Waals surface area contributed by atoms with E-state index in [1.54, 1.807) is 0 Å². The average molecular weight is 586 g/mol. The summed E-state index contributed by atoms with van der Waals surface area (Å²) in [6.07, 6.45) is 14.6. The van der Waals surface area contributed by atoms with E-state index in [9.17, 15) is 9.90 Å². The summed E-state index contributed by atoms with van der Waals surface area (Å²) in [5.74, 6) is 1.68. The molecule has 6 aliphatic rings. The topological polar surface area (TPSA) is 59.0 Å². The van der Waals surface area contributed by atoms with E-state index >= 15 is 0 Å². The Labute approximate surface area is 257 Å². The van der Waals surface area contributed by atoms with E-state index in [4.69, 9.17) is 9.47 Å². The number of aliphatic hydroxyl groups excluding tert-OH is 1. The molecule has 2 aliphatic heterocycles. The average Bonchev–Trinajstić information content (AvgIpc) is 3.28. The Bertz CT molecular complexity index is 1030. The predicted octanol–water partition coefficient (Wildman–Crippen LogP) is 7.78. The highest BCUT2D eigenvalue weighted by Gasteiger charge is 2.72. The van der Waals surface area contributed by atoms with Gasteiger partial charge in [-0.1, -0.05) is 41.0 Å². The van der Waals surface area contributed by atoms with Gasteiger partial charge in [0.1, 0.15) is 6.10 Å². The molecule has 5 heteroatoms. The molecule has 240 valence electrons. The van der Waals surface area contributed by atoms with Gasteiger partial charge < -0.3 is 14.6 Å². The molecule has 0 bridgehead atoms. The fraction of sp³-hybridized carbons (Fsp3) is 0.973. The molecule has 6 fully saturated rings. The first-order chi connectivity index (χ1) is 19.6. The second kappa shape index (κ2) is 10.4. The maximum atomic E-state index is 13.1. The van der Waals surface area contributed by atoms with Crippen LogP contribution in [-0.2, 0) is 14.3 Å². The van der Waals surface area contributed by atoms with Gasteiger partial charge in [-0.05, 0) is 151 Å². The number of hydrogen-bond acceptors (Lipinski definition) is 5. The van der Waals surface area contributed by atoms with E-state index in [1.807, 2.05) is 0 Å². The van der Waals surface area contributed by atoms with Crippen LogP contribution in [0.2, 0.25) is 0 Å². The summed E-state index contributed by atoms with van der Waals surface area (Å²) in [4.78, 5) is 15.4. The lowest BCUT2D eigenvalue weighted by atomic mass is 9.35. The Morgan fingerprint density at radius 1 is 0.810 bits per heavy atom. The summed E-state index contributed by atoms with van der Waals surface area (Å²) in [6, 6.07) is 0. The van der Waals surface area contributed by atoms with Crippen LogP contribution in [0.15, 0.2) is 0 Å². The summed E-state index contributed by atoms with van der Waals surface area (Å²) in [7, 11) is 0. The second-order valence-electron chi connectivity index (χ2n) is 18.2. The fourth-order valence-electron chi connectivity index (χ4n) is 13.0. The van der Waals surface area contributed by atoms with Crippen LogP contribution in [-0.4, -0.2) is 59.0 Å². The lowest BCUT2D eigenvalue weighted by Gasteiger charge is -2.70. The zero-order valence-corrected chi connectivity index (χ0v) is 28.4. The molecule has 0 aromatic carbocycles. The first kappa shape index (κ1) is 31.3. The highest BCUT2D eigenvalue weighted by Crippen LogP contribution is 2.76. The van der Waals surface area contributed by atoms with Crippen molar-refractivity contribution in [3.05, 3.63) is 0 Å². The van der Waals surface area contributed by atoms with Crippen LogP contribution < -0.4 is 0 Å². The van der Waals surface area contributed by atoms with Gasteiger partial charge in [-0.25, -0.2) is 0 Å². The Kier molecular flexibility index (Phi) is 7.79. The number of esters is 1. The number of ether oxygens (including phenoxy) is 2. The zero-order valence-electron chi connectivity index (χ0n) is 28.4. The van der Waals surface area contributed by atoms with Crippen LogP contribution >= 0.6 is 0 Å². The second-order valence-corrected chi connectivity index (χ2v) is 18.2. The Balaban J connectivity index is 1.22. The van der Waals surface area contributed by atoms with Gasteiger partial charge in [0.05, 0.1) is 23.9 Å². The lowest BCUT2D eigenvalue weighted by molar-refractivity contribution is -0.259. The van der Waals surface area contributed by atoms with Gasteiger partial charge in [0, 0.05) is 5.41 Å². The predicted molar refractivity (Wildman–Crippen MR) is 168 cm³/mol. The largest absolute Gasteiger partial charge is 0.461 e. The summed E-state index contributed by atoms with van der Waals surface area (Å²) < 4.78 is 13.3. The van der Waals surface area contributed by atoms with Crippen molar-refractivity contribution in [1.82, 2.24) is 4.90 Å². The molecule has 0 amide bonds. The Hall–Kier alpha value is -0.650. The molecule has 42 heavy (non-hydrogen) atoms. The van der Waals surface area contributed by atoms with Gasteiger partial charge in [0.2, 0.25) is 0 Å². The number of likely N-dealkylation sites (tertiary alicyclic amines) is 1. The van der Waals surface area contributed by atoms with E-state index in [0.29, 0.717) is 30.2 Å². The third-order valence-corrected chi connectivity index (χ3v) is 15.1. The zero-order chi connectivity index (χ0) is 30.3. The number of piperidine rings is 1. The van der Waals surface area contributed by atoms with E-state index in [0.717, 1.165) is 45.2 Å². The number of rotatable bonds is 4. The minimum absolute atomic E-state index is 0.0170. The van der Waals surface area contributed by atoms with Crippen molar-refractivity contribution in [2.45, 2.75) is 162 Å². The summed E-state index contributed by atoms with van der Waals surface area (Å²) >= 11 is 0. The number of nitrogens with zero attached hydrogens (tertiary/aromatic N) is 1. The fourth-order valence-corrected chi connectivity index (χ4v) is 13.0. The number of aliphatic hydroxyl groups is 1. The molecule has 0 unspecified atom stereocenters. The Morgan fingerprint density at radius 3 is 2.19 bits per heavy atom. The van der Waals surface area contributed by atoms with E-state index in [-0.39, 0.29) is 51.0 Å². The van der Waals surface area contributed by atoms with Gasteiger partial charge in [0.15, 0.2) is 0 Å². The first-order valence-corrected chi connectivity index (χ1v) is 17.9. The van der Waals surface area contributed by atoms with Crippen LogP contribution in [0.5, 0.6) is 0 Å². The van der Waals surface area contributed by atoms with Crippen molar-refractivity contribution in [1.29, 1.82) is 0 Å². The molecule has 1 N–H and O–H groups in total. The molecule has 0 aromatic heterocycles. The summed E-state index contributed by atoms with van der Waals surface area (Å²) in [6.45, 7) is 21.9. The molecule has 0 aromatic rings. The van der Waals surface area contributed by atoms with Crippen molar-refractivity contribution in [2.75, 3.05) is 19.6 Å². The molecular formula is C37H63NO4. The smallest absolute Gasteiger partial charge is 0.320 e. The first-order valence-electron chi connectivity index (χ1n) is 17.9. The van der Waals surface area contributed by atoms with Gasteiger partial charge in [0.25, 0.3) is 0 Å². The van der Waals surface area contributed by atoms with E-state index in [1.165, 1.54) is 51.4 Å². The minimum Gasteiger partial charge on any atom is -0.461 e. The van der Waals surface area contributed by atoms with Crippen molar-refractivity contribution in [3.63, 3.8) is 0 Å². The standard InChI is InChI=1S/C37H63NO4/c1-32(2)16-12-17-37(8,42-32)25-13-19-36(7)31(25)26(39)23-28-34(5)18-15-29(33(3,4)27(34)14-20-35(28,36)6)41-30(40)24-38-21-10-9-11-22-38/h25-29,31,39H,9-24H2,1-8H3/t25-,26+,27-,28+,29-,31-,34-,35+,36+,37+/m0/s1. The highest BCUT2D eigenvalue weighted by atomic mass is 16.5.